The summed E-state index contributed by atoms with van der Waals surface area (Å²) >= 11 is 0. The van der Waals surface area contributed by atoms with Crippen molar-refractivity contribution in [2.24, 2.45) is 13.0 Å². The number of pyridine rings is 2. The van der Waals surface area contributed by atoms with Gasteiger partial charge in [-0.05, 0) is 66.3 Å². The lowest BCUT2D eigenvalue weighted by Gasteiger charge is -2.12. The minimum Gasteiger partial charge on any atom is -0.318 e. The summed E-state index contributed by atoms with van der Waals surface area (Å²) < 4.78 is 5.00. The first-order valence-corrected chi connectivity index (χ1v) is 12.0. The molecule has 0 bridgehead atoms. The molecule has 2 fully saturated rings. The zero-order chi connectivity index (χ0) is 24.1. The molecular weight excluding hydrogens is 438 g/mol. The maximum atomic E-state index is 12.8. The van der Waals surface area contributed by atoms with Crippen LogP contribution in [0.1, 0.15) is 42.7 Å². The van der Waals surface area contributed by atoms with Crippen LogP contribution in [0.2, 0.25) is 0 Å². The van der Waals surface area contributed by atoms with E-state index in [-0.39, 0.29) is 11.1 Å². The Labute approximate surface area is 202 Å². The van der Waals surface area contributed by atoms with Gasteiger partial charge in [-0.1, -0.05) is 12.1 Å². The zero-order valence-corrected chi connectivity index (χ0v) is 19.5. The van der Waals surface area contributed by atoms with Gasteiger partial charge in [0.15, 0.2) is 0 Å². The van der Waals surface area contributed by atoms with Crippen LogP contribution in [0.25, 0.3) is 27.9 Å². The lowest BCUT2D eigenvalue weighted by molar-refractivity contribution is 0.607. The first kappa shape index (κ1) is 21.4. The number of aryl methyl sites for hydroxylation is 1. The Bertz CT molecular complexity index is 1610. The number of rotatable bonds is 6. The Morgan fingerprint density at radius 2 is 1.83 bits per heavy atom. The van der Waals surface area contributed by atoms with Gasteiger partial charge in [-0.15, -0.1) is 0 Å². The molecule has 0 radical (unpaired) electrons. The summed E-state index contributed by atoms with van der Waals surface area (Å²) in [5, 5.41) is 14.4. The van der Waals surface area contributed by atoms with Gasteiger partial charge in [-0.3, -0.25) is 9.59 Å². The minimum absolute atomic E-state index is 0.0627. The third kappa shape index (κ3) is 4.01. The molecule has 7 nitrogen and oxygen atoms in total. The minimum atomic E-state index is -0.151. The highest BCUT2D eigenvalue weighted by atomic mass is 16.1. The van der Waals surface area contributed by atoms with Crippen LogP contribution in [-0.2, 0) is 13.6 Å². The second kappa shape index (κ2) is 8.24. The average molecular weight is 464 g/mol. The summed E-state index contributed by atoms with van der Waals surface area (Å²) in [4.78, 5) is 25.3. The van der Waals surface area contributed by atoms with Crippen LogP contribution in [0, 0.1) is 17.2 Å². The number of nitriles is 1. The van der Waals surface area contributed by atoms with Crippen LogP contribution in [-0.4, -0.2) is 18.9 Å². The van der Waals surface area contributed by atoms with E-state index in [2.05, 4.69) is 11.2 Å². The van der Waals surface area contributed by atoms with Crippen molar-refractivity contribution in [3.8, 4) is 34.0 Å². The average Bonchev–Trinajstić information content (AvgIpc) is 3.80. The highest BCUT2D eigenvalue weighted by Crippen LogP contribution is 2.42. The van der Waals surface area contributed by atoms with Crippen molar-refractivity contribution in [2.75, 3.05) is 0 Å². The maximum absolute atomic E-state index is 12.8. The molecule has 1 aromatic carbocycles. The molecule has 0 saturated heterocycles. The summed E-state index contributed by atoms with van der Waals surface area (Å²) in [5.74, 6) is 1.05. The summed E-state index contributed by atoms with van der Waals surface area (Å²) in [6, 6.07) is 13.4. The van der Waals surface area contributed by atoms with Crippen LogP contribution in [0.5, 0.6) is 0 Å². The standard InChI is InChI=1S/C28H25N5O2/c1-31-17-25(23(12-27(31)34)20-9-10-32(28(35)11-20)15-18-5-6-18)21-14-30-33(16-21)26-4-2-3-22(19-7-8-19)24(26)13-29/h2-4,9-12,14,16-19H,5-8,15H2,1H3. The monoisotopic (exact) mass is 463 g/mol. The fourth-order valence-electron chi connectivity index (χ4n) is 4.70. The van der Waals surface area contributed by atoms with Gasteiger partial charge in [0.1, 0.15) is 6.07 Å². The molecule has 3 aromatic heterocycles. The van der Waals surface area contributed by atoms with Gasteiger partial charge in [-0.2, -0.15) is 10.4 Å². The first-order valence-electron chi connectivity index (χ1n) is 12.0. The molecule has 3 heterocycles. The lowest BCUT2D eigenvalue weighted by atomic mass is 9.99. The number of hydrogen-bond acceptors (Lipinski definition) is 4. The molecule has 6 rings (SSSR count). The van der Waals surface area contributed by atoms with Crippen LogP contribution in [0.15, 0.2) is 70.8 Å². The van der Waals surface area contributed by atoms with Gasteiger partial charge >= 0.3 is 0 Å². The van der Waals surface area contributed by atoms with Crippen LogP contribution in [0.3, 0.4) is 0 Å². The molecule has 174 valence electrons. The van der Waals surface area contributed by atoms with E-state index in [1.165, 1.54) is 17.4 Å². The second-order valence-corrected chi connectivity index (χ2v) is 9.70. The number of benzene rings is 1. The Balaban J connectivity index is 1.43. The Kier molecular flexibility index (Phi) is 5.03. The largest absolute Gasteiger partial charge is 0.318 e. The molecular formula is C28H25N5O2. The second-order valence-electron chi connectivity index (χ2n) is 9.70. The highest BCUT2D eigenvalue weighted by molar-refractivity contribution is 5.82. The van der Waals surface area contributed by atoms with Gasteiger partial charge in [-0.25, -0.2) is 4.68 Å². The SMILES string of the molecule is Cn1cc(-c2cnn(-c3cccc(C4CC4)c3C#N)c2)c(-c2ccn(CC3CC3)c(=O)c2)cc1=O. The Morgan fingerprint density at radius 1 is 1.00 bits per heavy atom. The van der Waals surface area contributed by atoms with E-state index in [0.717, 1.165) is 41.8 Å². The van der Waals surface area contributed by atoms with Crippen molar-refractivity contribution in [1.82, 2.24) is 18.9 Å². The fourth-order valence-corrected chi connectivity index (χ4v) is 4.70. The van der Waals surface area contributed by atoms with Crippen LogP contribution in [0.4, 0.5) is 0 Å². The fraction of sp³-hybridized carbons (Fsp3) is 0.286. The molecule has 35 heavy (non-hydrogen) atoms. The van der Waals surface area contributed by atoms with E-state index in [0.29, 0.717) is 28.5 Å². The van der Waals surface area contributed by atoms with Crippen LogP contribution < -0.4 is 11.1 Å². The molecule has 0 spiro atoms. The molecule has 0 unspecified atom stereocenters. The number of hydrogen-bond donors (Lipinski definition) is 0. The van der Waals surface area contributed by atoms with Crippen molar-refractivity contribution in [3.63, 3.8) is 0 Å². The van der Waals surface area contributed by atoms with Crippen molar-refractivity contribution in [3.05, 3.63) is 93.0 Å². The third-order valence-corrected chi connectivity index (χ3v) is 7.03. The van der Waals surface area contributed by atoms with Crippen molar-refractivity contribution in [2.45, 2.75) is 38.1 Å². The number of aromatic nitrogens is 4. The lowest BCUT2D eigenvalue weighted by Crippen LogP contribution is -2.20. The summed E-state index contributed by atoms with van der Waals surface area (Å²) in [6.45, 7) is 0.746. The van der Waals surface area contributed by atoms with Gasteiger partial charge in [0, 0.05) is 55.4 Å². The van der Waals surface area contributed by atoms with Gasteiger partial charge < -0.3 is 9.13 Å². The van der Waals surface area contributed by atoms with Crippen molar-refractivity contribution >= 4 is 0 Å². The van der Waals surface area contributed by atoms with Crippen LogP contribution >= 0.6 is 0 Å². The van der Waals surface area contributed by atoms with E-state index in [9.17, 15) is 14.9 Å². The maximum Gasteiger partial charge on any atom is 0.251 e. The van der Waals surface area contributed by atoms with Gasteiger partial charge in [0.05, 0.1) is 17.4 Å². The quantitative estimate of drug-likeness (QED) is 0.428. The molecule has 2 aliphatic rings. The molecule has 4 aromatic rings. The van der Waals surface area contributed by atoms with Gasteiger partial charge in [0.25, 0.3) is 11.1 Å². The van der Waals surface area contributed by atoms with E-state index < -0.39 is 0 Å². The first-order chi connectivity index (χ1) is 17.0. The summed E-state index contributed by atoms with van der Waals surface area (Å²) in [5.41, 5.74) is 5.27. The third-order valence-electron chi connectivity index (χ3n) is 7.03. The summed E-state index contributed by atoms with van der Waals surface area (Å²) in [6.07, 6.45) is 11.8. The molecule has 0 amide bonds. The smallest absolute Gasteiger partial charge is 0.251 e. The Hall–Kier alpha value is -4.18. The molecule has 7 heteroatoms. The summed E-state index contributed by atoms with van der Waals surface area (Å²) in [7, 11) is 1.71. The molecule has 0 aliphatic heterocycles. The Morgan fingerprint density at radius 3 is 2.54 bits per heavy atom. The molecule has 2 aliphatic carbocycles. The zero-order valence-electron chi connectivity index (χ0n) is 19.5. The molecule has 2 saturated carbocycles. The molecule has 0 atom stereocenters. The van der Waals surface area contributed by atoms with E-state index in [1.54, 1.807) is 40.8 Å². The molecule has 0 N–H and O–H groups in total. The van der Waals surface area contributed by atoms with Gasteiger partial charge in [0.2, 0.25) is 0 Å². The van der Waals surface area contributed by atoms with E-state index >= 15 is 0 Å². The van der Waals surface area contributed by atoms with E-state index in [4.69, 9.17) is 0 Å². The van der Waals surface area contributed by atoms with Crippen molar-refractivity contribution in [1.29, 1.82) is 5.26 Å². The van der Waals surface area contributed by atoms with E-state index in [1.807, 2.05) is 36.7 Å². The van der Waals surface area contributed by atoms with Crippen molar-refractivity contribution < 1.29 is 0 Å². The predicted octanol–water partition coefficient (Wildman–Crippen LogP) is 4.23. The topological polar surface area (TPSA) is 85.6 Å². The number of nitrogens with zero attached hydrogens (tertiary/aromatic N) is 5. The predicted molar refractivity (Wildman–Crippen MR) is 133 cm³/mol. The highest BCUT2D eigenvalue weighted by Gasteiger charge is 2.27. The normalized spacial score (nSPS) is 15.2.